The number of rotatable bonds is 29. The Bertz CT molecular complexity index is 366. The zero-order chi connectivity index (χ0) is 25.8. The summed E-state index contributed by atoms with van der Waals surface area (Å²) in [5.41, 5.74) is 0. The first kappa shape index (κ1) is 35.0. The molecule has 0 aromatic rings. The van der Waals surface area contributed by atoms with E-state index in [2.05, 4.69) is 34.6 Å². The number of unbranched alkanes of at least 4 members (excludes halogenated alkanes) is 13. The minimum absolute atomic E-state index is 1.01. The third-order valence-electron chi connectivity index (χ3n) is 8.66. The first-order valence-electron chi connectivity index (χ1n) is 17.2. The molecule has 35 heavy (non-hydrogen) atoms. The van der Waals surface area contributed by atoms with Gasteiger partial charge in [0.15, 0.2) is 0 Å². The molecule has 0 heterocycles. The normalized spacial score (nSPS) is 13.5. The van der Waals surface area contributed by atoms with Crippen molar-refractivity contribution in [3.63, 3.8) is 0 Å². The second kappa shape index (κ2) is 28.6. The summed E-state index contributed by atoms with van der Waals surface area (Å²) < 4.78 is 0. The Kier molecular flexibility index (Phi) is 28.6. The maximum absolute atomic E-state index is 2.39. The van der Waals surface area contributed by atoms with E-state index in [9.17, 15) is 0 Å². The minimum atomic E-state index is 1.01. The van der Waals surface area contributed by atoms with Gasteiger partial charge < -0.3 is 0 Å². The highest BCUT2D eigenvalue weighted by Gasteiger charge is 2.15. The average Bonchev–Trinajstić information content (AvgIpc) is 2.85. The van der Waals surface area contributed by atoms with Crippen molar-refractivity contribution < 1.29 is 0 Å². The van der Waals surface area contributed by atoms with Crippen LogP contribution in [0.25, 0.3) is 0 Å². The van der Waals surface area contributed by atoms with E-state index in [1.54, 1.807) is 0 Å². The highest BCUT2D eigenvalue weighted by molar-refractivity contribution is 4.68. The summed E-state index contributed by atoms with van der Waals surface area (Å²) in [6.45, 7) is 11.8. The van der Waals surface area contributed by atoms with Crippen LogP contribution in [0.2, 0.25) is 0 Å². The van der Waals surface area contributed by atoms with Gasteiger partial charge in [-0.2, -0.15) is 0 Å². The fourth-order valence-electron chi connectivity index (χ4n) is 6.54. The van der Waals surface area contributed by atoms with E-state index in [0.717, 1.165) is 17.8 Å². The summed E-state index contributed by atoms with van der Waals surface area (Å²) in [5.74, 6) is 3.06. The van der Waals surface area contributed by atoms with Crippen LogP contribution in [0.4, 0.5) is 0 Å². The molecule has 212 valence electrons. The summed E-state index contributed by atoms with van der Waals surface area (Å²) in [6.07, 6.45) is 39.6. The molecule has 0 heteroatoms. The Morgan fingerprint density at radius 2 is 0.543 bits per heavy atom. The van der Waals surface area contributed by atoms with Gasteiger partial charge in [-0.25, -0.2) is 0 Å². The predicted molar refractivity (Wildman–Crippen MR) is 163 cm³/mol. The first-order valence-corrected chi connectivity index (χ1v) is 17.2. The lowest BCUT2D eigenvalue weighted by atomic mass is 9.82. The molecule has 0 aromatic carbocycles. The molecule has 0 aliphatic carbocycles. The largest absolute Gasteiger partial charge is 0.0654 e. The van der Waals surface area contributed by atoms with Crippen LogP contribution >= 0.6 is 0 Å². The first-order chi connectivity index (χ1) is 17.2. The van der Waals surface area contributed by atoms with Crippen LogP contribution in [-0.4, -0.2) is 0 Å². The molecular formula is C35H72. The molecule has 0 amide bonds. The predicted octanol–water partition coefficient (Wildman–Crippen LogP) is 13.5. The molecule has 0 aliphatic heterocycles. The summed E-state index contributed by atoms with van der Waals surface area (Å²) in [6, 6.07) is 0. The fraction of sp³-hybridized carbons (Fsp3) is 1.00. The Morgan fingerprint density at radius 3 is 0.971 bits per heavy atom. The van der Waals surface area contributed by atoms with E-state index < -0.39 is 0 Å². The zero-order valence-corrected chi connectivity index (χ0v) is 25.8. The third kappa shape index (κ3) is 24.1. The van der Waals surface area contributed by atoms with Crippen LogP contribution in [0, 0.1) is 17.8 Å². The quantitative estimate of drug-likeness (QED) is 0.0910. The Hall–Kier alpha value is 0. The van der Waals surface area contributed by atoms with Gasteiger partial charge in [-0.05, 0) is 24.2 Å². The third-order valence-corrected chi connectivity index (χ3v) is 8.66. The maximum Gasteiger partial charge on any atom is -0.0412 e. The lowest BCUT2D eigenvalue weighted by Gasteiger charge is -2.23. The van der Waals surface area contributed by atoms with Gasteiger partial charge >= 0.3 is 0 Å². The van der Waals surface area contributed by atoms with Crippen molar-refractivity contribution in [2.24, 2.45) is 17.8 Å². The van der Waals surface area contributed by atoms with E-state index >= 15 is 0 Å². The van der Waals surface area contributed by atoms with Crippen LogP contribution in [0.15, 0.2) is 0 Å². The van der Waals surface area contributed by atoms with Crippen molar-refractivity contribution in [3.8, 4) is 0 Å². The van der Waals surface area contributed by atoms with Crippen molar-refractivity contribution in [2.45, 2.75) is 208 Å². The molecular weight excluding hydrogens is 420 g/mol. The van der Waals surface area contributed by atoms with E-state index in [1.165, 1.54) is 173 Å². The van der Waals surface area contributed by atoms with Crippen molar-refractivity contribution in [1.29, 1.82) is 0 Å². The van der Waals surface area contributed by atoms with E-state index in [0.29, 0.717) is 0 Å². The lowest BCUT2D eigenvalue weighted by Crippen LogP contribution is -2.10. The topological polar surface area (TPSA) is 0 Å². The van der Waals surface area contributed by atoms with Crippen molar-refractivity contribution in [3.05, 3.63) is 0 Å². The Morgan fingerprint density at radius 1 is 0.257 bits per heavy atom. The van der Waals surface area contributed by atoms with Gasteiger partial charge in [0.25, 0.3) is 0 Å². The molecule has 0 saturated heterocycles. The number of hydrogen-bond donors (Lipinski definition) is 0. The highest BCUT2D eigenvalue weighted by atomic mass is 14.2. The molecule has 0 saturated carbocycles. The van der Waals surface area contributed by atoms with E-state index in [1.807, 2.05) is 0 Å². The summed E-state index contributed by atoms with van der Waals surface area (Å²) in [7, 11) is 0. The van der Waals surface area contributed by atoms with Crippen LogP contribution in [-0.2, 0) is 0 Å². The monoisotopic (exact) mass is 493 g/mol. The molecule has 0 N–H and O–H groups in total. The Balaban J connectivity index is 4.05. The summed E-state index contributed by atoms with van der Waals surface area (Å²) in [5, 5.41) is 0. The van der Waals surface area contributed by atoms with Crippen molar-refractivity contribution in [1.82, 2.24) is 0 Å². The van der Waals surface area contributed by atoms with Gasteiger partial charge in [0.05, 0.1) is 0 Å². The zero-order valence-electron chi connectivity index (χ0n) is 25.8. The SMILES string of the molecule is CCCCCCCCC(CCCCCCCCCC(CCC)CCCCC)CC(CCC)CCC. The molecule has 0 radical (unpaired) electrons. The highest BCUT2D eigenvalue weighted by Crippen LogP contribution is 2.30. The second-order valence-corrected chi connectivity index (χ2v) is 12.3. The van der Waals surface area contributed by atoms with Gasteiger partial charge in [-0.1, -0.05) is 202 Å². The van der Waals surface area contributed by atoms with Crippen molar-refractivity contribution >= 4 is 0 Å². The van der Waals surface area contributed by atoms with Gasteiger partial charge in [0.1, 0.15) is 0 Å². The maximum atomic E-state index is 2.39. The second-order valence-electron chi connectivity index (χ2n) is 12.3. The van der Waals surface area contributed by atoms with Crippen LogP contribution in [0.3, 0.4) is 0 Å². The summed E-state index contributed by atoms with van der Waals surface area (Å²) >= 11 is 0. The standard InChI is InChI=1S/C35H72/c1-6-11-13-14-18-23-30-35(32-34(26-9-4)27-10-5)31-24-20-17-15-16-19-22-29-33(25-8-3)28-21-12-7-2/h33-35H,6-32H2,1-5H3. The Labute approximate surface area is 225 Å². The average molecular weight is 493 g/mol. The van der Waals surface area contributed by atoms with Crippen LogP contribution in [0.5, 0.6) is 0 Å². The molecule has 0 rings (SSSR count). The fourth-order valence-corrected chi connectivity index (χ4v) is 6.54. The molecule has 0 aromatic heterocycles. The molecule has 0 fully saturated rings. The summed E-state index contributed by atoms with van der Waals surface area (Å²) in [4.78, 5) is 0. The number of hydrogen-bond acceptors (Lipinski definition) is 0. The molecule has 2 atom stereocenters. The lowest BCUT2D eigenvalue weighted by molar-refractivity contribution is 0.290. The van der Waals surface area contributed by atoms with Crippen LogP contribution < -0.4 is 0 Å². The molecule has 0 spiro atoms. The molecule has 0 nitrogen and oxygen atoms in total. The smallest absolute Gasteiger partial charge is 0.0412 e. The van der Waals surface area contributed by atoms with Gasteiger partial charge in [-0.15, -0.1) is 0 Å². The van der Waals surface area contributed by atoms with Gasteiger partial charge in [0.2, 0.25) is 0 Å². The van der Waals surface area contributed by atoms with E-state index in [-0.39, 0.29) is 0 Å². The molecule has 2 unspecified atom stereocenters. The van der Waals surface area contributed by atoms with Gasteiger partial charge in [0, 0.05) is 0 Å². The minimum Gasteiger partial charge on any atom is -0.0654 e. The molecule has 0 bridgehead atoms. The van der Waals surface area contributed by atoms with E-state index in [4.69, 9.17) is 0 Å². The van der Waals surface area contributed by atoms with Gasteiger partial charge in [-0.3, -0.25) is 0 Å². The molecule has 0 aliphatic rings. The van der Waals surface area contributed by atoms with Crippen LogP contribution in [0.1, 0.15) is 208 Å². The van der Waals surface area contributed by atoms with Crippen molar-refractivity contribution in [2.75, 3.05) is 0 Å².